The van der Waals surface area contributed by atoms with E-state index >= 15 is 0 Å². The van der Waals surface area contributed by atoms with Gasteiger partial charge in [-0.3, -0.25) is 0 Å². The number of hydrogen-bond donors (Lipinski definition) is 1. The van der Waals surface area contributed by atoms with Crippen LogP contribution in [0.3, 0.4) is 0 Å². The highest BCUT2D eigenvalue weighted by Gasteiger charge is 1.99. The van der Waals surface area contributed by atoms with Gasteiger partial charge in [-0.05, 0) is 65.0 Å². The summed E-state index contributed by atoms with van der Waals surface area (Å²) in [7, 11) is 0. The Labute approximate surface area is 109 Å². The number of halogens is 2. The van der Waals surface area contributed by atoms with Gasteiger partial charge in [-0.15, -0.1) is 0 Å². The molecule has 0 amide bonds. The molecule has 0 radical (unpaired) electrons. The summed E-state index contributed by atoms with van der Waals surface area (Å²) in [6.07, 6.45) is 4.58. The normalized spacial score (nSPS) is 10.7. The lowest BCUT2D eigenvalue weighted by Crippen LogP contribution is -2.14. The molecule has 0 saturated carbocycles. The molecule has 4 heteroatoms. The van der Waals surface area contributed by atoms with E-state index in [-0.39, 0.29) is 5.82 Å². The smallest absolute Gasteiger partial charge is 0.137 e. The molecule has 0 spiro atoms. The molecule has 1 aromatic carbocycles. The van der Waals surface area contributed by atoms with E-state index in [9.17, 15) is 4.39 Å². The fourth-order valence-corrected chi connectivity index (χ4v) is 2.30. The lowest BCUT2D eigenvalue weighted by Gasteiger charge is -2.05. The van der Waals surface area contributed by atoms with Gasteiger partial charge in [-0.2, -0.15) is 11.8 Å². The van der Waals surface area contributed by atoms with Gasteiger partial charge in [0.2, 0.25) is 0 Å². The summed E-state index contributed by atoms with van der Waals surface area (Å²) in [5.74, 6) is 1.02. The van der Waals surface area contributed by atoms with Crippen molar-refractivity contribution in [2.75, 3.05) is 18.6 Å². The van der Waals surface area contributed by atoms with Crippen molar-refractivity contribution in [2.45, 2.75) is 19.4 Å². The van der Waals surface area contributed by atoms with E-state index in [4.69, 9.17) is 0 Å². The predicted molar refractivity (Wildman–Crippen MR) is 73.4 cm³/mol. The number of thioether (sulfide) groups is 1. The van der Waals surface area contributed by atoms with Gasteiger partial charge in [0.1, 0.15) is 5.82 Å². The van der Waals surface area contributed by atoms with Crippen LogP contribution in [0.4, 0.5) is 4.39 Å². The molecule has 1 N–H and O–H groups in total. The van der Waals surface area contributed by atoms with Crippen molar-refractivity contribution in [3.05, 3.63) is 34.1 Å². The van der Waals surface area contributed by atoms with Gasteiger partial charge in [0, 0.05) is 6.54 Å². The molecular weight excluding hydrogens is 289 g/mol. The molecule has 0 heterocycles. The number of rotatable bonds is 7. The SMILES string of the molecule is CSCCCCNCc1ccc(F)c(Br)c1. The molecule has 0 aliphatic rings. The molecule has 0 fully saturated rings. The molecule has 1 nitrogen and oxygen atoms in total. The van der Waals surface area contributed by atoms with Crippen molar-refractivity contribution in [3.63, 3.8) is 0 Å². The summed E-state index contributed by atoms with van der Waals surface area (Å²) in [5.41, 5.74) is 1.11. The minimum Gasteiger partial charge on any atom is -0.313 e. The van der Waals surface area contributed by atoms with Crippen molar-refractivity contribution < 1.29 is 4.39 Å². The zero-order valence-corrected chi connectivity index (χ0v) is 11.8. The molecule has 0 aromatic heterocycles. The van der Waals surface area contributed by atoms with Crippen molar-refractivity contribution in [1.29, 1.82) is 0 Å². The topological polar surface area (TPSA) is 12.0 Å². The Kier molecular flexibility index (Phi) is 7.08. The minimum atomic E-state index is -0.205. The third-order valence-electron chi connectivity index (χ3n) is 2.27. The van der Waals surface area contributed by atoms with Crippen molar-refractivity contribution in [3.8, 4) is 0 Å². The molecule has 16 heavy (non-hydrogen) atoms. The van der Waals surface area contributed by atoms with Crippen LogP contribution < -0.4 is 5.32 Å². The number of benzene rings is 1. The first-order valence-electron chi connectivity index (χ1n) is 5.37. The van der Waals surface area contributed by atoms with Crippen LogP contribution in [0.25, 0.3) is 0 Å². The highest BCUT2D eigenvalue weighted by atomic mass is 79.9. The van der Waals surface area contributed by atoms with Crippen LogP contribution in [0, 0.1) is 5.82 Å². The van der Waals surface area contributed by atoms with E-state index in [0.29, 0.717) is 4.47 Å². The standard InChI is InChI=1S/C12H17BrFNS/c1-16-7-3-2-6-15-9-10-4-5-12(14)11(13)8-10/h4-5,8,15H,2-3,6-7,9H2,1H3. The number of unbranched alkanes of at least 4 members (excludes halogenated alkanes) is 1. The van der Waals surface area contributed by atoms with Crippen LogP contribution in [0.15, 0.2) is 22.7 Å². The largest absolute Gasteiger partial charge is 0.313 e. The highest BCUT2D eigenvalue weighted by molar-refractivity contribution is 9.10. The van der Waals surface area contributed by atoms with E-state index in [2.05, 4.69) is 27.5 Å². The third kappa shape index (κ3) is 5.32. The maximum atomic E-state index is 13.0. The Morgan fingerprint density at radius 2 is 2.19 bits per heavy atom. The second kappa shape index (κ2) is 8.09. The number of nitrogens with one attached hydrogen (secondary N) is 1. The van der Waals surface area contributed by atoms with Gasteiger partial charge in [0.05, 0.1) is 4.47 Å². The van der Waals surface area contributed by atoms with Crippen LogP contribution in [0.1, 0.15) is 18.4 Å². The summed E-state index contributed by atoms with van der Waals surface area (Å²) in [5, 5.41) is 3.35. The molecule has 1 rings (SSSR count). The molecule has 0 atom stereocenters. The minimum absolute atomic E-state index is 0.205. The monoisotopic (exact) mass is 305 g/mol. The predicted octanol–water partition coefficient (Wildman–Crippen LogP) is 3.82. The van der Waals surface area contributed by atoms with Crippen LogP contribution in [0.5, 0.6) is 0 Å². The van der Waals surface area contributed by atoms with Gasteiger partial charge in [-0.25, -0.2) is 4.39 Å². The maximum Gasteiger partial charge on any atom is 0.137 e. The van der Waals surface area contributed by atoms with E-state index < -0.39 is 0 Å². The molecule has 0 aliphatic carbocycles. The maximum absolute atomic E-state index is 13.0. The van der Waals surface area contributed by atoms with Gasteiger partial charge in [-0.1, -0.05) is 6.07 Å². The Morgan fingerprint density at radius 1 is 1.38 bits per heavy atom. The van der Waals surface area contributed by atoms with E-state index in [0.717, 1.165) is 18.7 Å². The number of hydrogen-bond acceptors (Lipinski definition) is 2. The van der Waals surface area contributed by atoms with E-state index in [1.807, 2.05) is 23.9 Å². The summed E-state index contributed by atoms with van der Waals surface area (Å²) in [6.45, 7) is 1.83. The lowest BCUT2D eigenvalue weighted by molar-refractivity contribution is 0.615. The Bertz CT molecular complexity index is 320. The highest BCUT2D eigenvalue weighted by Crippen LogP contribution is 2.16. The van der Waals surface area contributed by atoms with Crippen molar-refractivity contribution in [1.82, 2.24) is 5.32 Å². The van der Waals surface area contributed by atoms with Crippen LogP contribution in [0.2, 0.25) is 0 Å². The van der Waals surface area contributed by atoms with E-state index in [1.54, 1.807) is 0 Å². The Balaban J connectivity index is 2.19. The molecule has 0 unspecified atom stereocenters. The summed E-state index contributed by atoms with van der Waals surface area (Å²) >= 11 is 5.07. The summed E-state index contributed by atoms with van der Waals surface area (Å²) in [4.78, 5) is 0. The van der Waals surface area contributed by atoms with Crippen LogP contribution in [-0.4, -0.2) is 18.6 Å². The van der Waals surface area contributed by atoms with E-state index in [1.165, 1.54) is 24.7 Å². The molecule has 1 aromatic rings. The first-order valence-corrected chi connectivity index (χ1v) is 7.56. The summed E-state index contributed by atoms with van der Waals surface area (Å²) < 4.78 is 13.5. The third-order valence-corrected chi connectivity index (χ3v) is 3.57. The van der Waals surface area contributed by atoms with Gasteiger partial charge < -0.3 is 5.32 Å². The Morgan fingerprint density at radius 3 is 2.88 bits per heavy atom. The second-order valence-electron chi connectivity index (χ2n) is 3.63. The molecule has 90 valence electrons. The first-order chi connectivity index (χ1) is 7.74. The van der Waals surface area contributed by atoms with Crippen LogP contribution >= 0.6 is 27.7 Å². The van der Waals surface area contributed by atoms with Gasteiger partial charge in [0.25, 0.3) is 0 Å². The fraction of sp³-hybridized carbons (Fsp3) is 0.500. The average Bonchev–Trinajstić information content (AvgIpc) is 2.28. The van der Waals surface area contributed by atoms with Crippen LogP contribution in [-0.2, 0) is 6.54 Å². The van der Waals surface area contributed by atoms with Gasteiger partial charge in [0.15, 0.2) is 0 Å². The molecule has 0 saturated heterocycles. The zero-order valence-electron chi connectivity index (χ0n) is 9.43. The quantitative estimate of drug-likeness (QED) is 0.769. The van der Waals surface area contributed by atoms with Crippen molar-refractivity contribution >= 4 is 27.7 Å². The zero-order chi connectivity index (χ0) is 11.8. The van der Waals surface area contributed by atoms with Crippen molar-refractivity contribution in [2.24, 2.45) is 0 Å². The van der Waals surface area contributed by atoms with Gasteiger partial charge >= 0.3 is 0 Å². The lowest BCUT2D eigenvalue weighted by atomic mass is 10.2. The molecule has 0 bridgehead atoms. The first kappa shape index (κ1) is 14.0. The molecular formula is C12H17BrFNS. The second-order valence-corrected chi connectivity index (χ2v) is 5.47. The molecule has 0 aliphatic heterocycles. The Hall–Kier alpha value is -0.0600. The summed E-state index contributed by atoms with van der Waals surface area (Å²) in [6, 6.07) is 5.13. The fourth-order valence-electron chi connectivity index (χ4n) is 1.38. The average molecular weight is 306 g/mol.